The van der Waals surface area contributed by atoms with E-state index in [-0.39, 0.29) is 29.4 Å². The van der Waals surface area contributed by atoms with Crippen molar-refractivity contribution >= 4 is 29.9 Å². The molecular weight excluding hydrogens is 413 g/mol. The zero-order chi connectivity index (χ0) is 16.1. The van der Waals surface area contributed by atoms with Gasteiger partial charge in [0.25, 0.3) is 0 Å². The van der Waals surface area contributed by atoms with Crippen molar-refractivity contribution in [2.75, 3.05) is 39.9 Å². The molecule has 1 N–H and O–H groups in total. The number of halogens is 1. The molecule has 0 radical (unpaired) electrons. The van der Waals surface area contributed by atoms with Gasteiger partial charge in [-0.2, -0.15) is 0 Å². The molecule has 1 aromatic carbocycles. The summed E-state index contributed by atoms with van der Waals surface area (Å²) in [5.74, 6) is 1.85. The Labute approximate surface area is 163 Å². The van der Waals surface area contributed by atoms with Crippen molar-refractivity contribution < 1.29 is 4.74 Å². The van der Waals surface area contributed by atoms with E-state index >= 15 is 0 Å². The van der Waals surface area contributed by atoms with Crippen LogP contribution in [-0.2, 0) is 11.2 Å². The number of hydrogen-bond donors (Lipinski definition) is 1. The first-order valence-electron chi connectivity index (χ1n) is 8.76. The Morgan fingerprint density at radius 1 is 1.25 bits per heavy atom. The van der Waals surface area contributed by atoms with Gasteiger partial charge in [0.2, 0.25) is 0 Å². The van der Waals surface area contributed by atoms with Crippen LogP contribution in [-0.4, -0.2) is 50.8 Å². The highest BCUT2D eigenvalue weighted by Crippen LogP contribution is 2.26. The van der Waals surface area contributed by atoms with E-state index in [1.807, 2.05) is 7.05 Å². The van der Waals surface area contributed by atoms with Crippen LogP contribution in [0.25, 0.3) is 0 Å². The average Bonchev–Trinajstić information content (AvgIpc) is 2.56. The lowest BCUT2D eigenvalue weighted by Gasteiger charge is -2.40. The number of piperidine rings is 1. The van der Waals surface area contributed by atoms with Crippen molar-refractivity contribution in [2.45, 2.75) is 26.2 Å². The Hall–Kier alpha value is -0.820. The lowest BCUT2D eigenvalue weighted by molar-refractivity contribution is -0.0973. The van der Waals surface area contributed by atoms with Crippen LogP contribution in [0.3, 0.4) is 0 Å². The predicted molar refractivity (Wildman–Crippen MR) is 110 cm³/mol. The van der Waals surface area contributed by atoms with Crippen molar-refractivity contribution in [3.8, 4) is 0 Å². The maximum Gasteiger partial charge on any atom is 0.193 e. The van der Waals surface area contributed by atoms with Crippen LogP contribution in [0.2, 0.25) is 0 Å². The summed E-state index contributed by atoms with van der Waals surface area (Å²) in [7, 11) is 1.89. The van der Waals surface area contributed by atoms with Crippen molar-refractivity contribution in [3.63, 3.8) is 0 Å². The van der Waals surface area contributed by atoms with Crippen molar-refractivity contribution in [2.24, 2.45) is 16.3 Å². The monoisotopic (exact) mass is 443 g/mol. The quantitative estimate of drug-likeness (QED) is 0.441. The number of benzene rings is 1. The Bertz CT molecular complexity index is 523. The van der Waals surface area contributed by atoms with Gasteiger partial charge in [-0.05, 0) is 30.7 Å². The normalized spacial score (nSPS) is 20.9. The molecule has 4 nitrogen and oxygen atoms in total. The smallest absolute Gasteiger partial charge is 0.193 e. The molecule has 134 valence electrons. The topological polar surface area (TPSA) is 36.9 Å². The molecule has 0 saturated carbocycles. The van der Waals surface area contributed by atoms with Crippen LogP contribution in [0.5, 0.6) is 0 Å². The molecular formula is C19H30IN3O. The van der Waals surface area contributed by atoms with Gasteiger partial charge in [0, 0.05) is 32.1 Å². The molecule has 0 aliphatic carbocycles. The van der Waals surface area contributed by atoms with Gasteiger partial charge in [0.05, 0.1) is 13.2 Å². The van der Waals surface area contributed by atoms with Crippen LogP contribution >= 0.6 is 24.0 Å². The second kappa shape index (κ2) is 9.04. The summed E-state index contributed by atoms with van der Waals surface area (Å²) < 4.78 is 5.33. The van der Waals surface area contributed by atoms with E-state index in [1.54, 1.807) is 0 Å². The molecule has 1 aromatic rings. The van der Waals surface area contributed by atoms with Crippen LogP contribution in [0, 0.1) is 11.3 Å². The van der Waals surface area contributed by atoms with Crippen LogP contribution in [0.15, 0.2) is 35.3 Å². The van der Waals surface area contributed by atoms with E-state index in [4.69, 9.17) is 4.74 Å². The molecule has 3 rings (SSSR count). The standard InChI is InChI=1S/C19H29N3O.HI/c1-19(14-23-15-19)13-21-18(20-2)22-10-8-17(9-11-22)12-16-6-4-3-5-7-16;/h3-7,17H,8-15H2,1-2H3,(H,20,21);1H. The van der Waals surface area contributed by atoms with Gasteiger partial charge in [0.15, 0.2) is 5.96 Å². The highest BCUT2D eigenvalue weighted by Gasteiger charge is 2.34. The first-order valence-corrected chi connectivity index (χ1v) is 8.76. The lowest BCUT2D eigenvalue weighted by Crippen LogP contribution is -2.53. The third-order valence-corrected chi connectivity index (χ3v) is 5.07. The van der Waals surface area contributed by atoms with E-state index in [2.05, 4.69) is 52.5 Å². The summed E-state index contributed by atoms with van der Waals surface area (Å²) in [6.07, 6.45) is 3.70. The molecule has 2 aliphatic heterocycles. The minimum atomic E-state index is 0. The molecule has 0 atom stereocenters. The minimum absolute atomic E-state index is 0. The second-order valence-corrected chi connectivity index (χ2v) is 7.32. The van der Waals surface area contributed by atoms with Gasteiger partial charge >= 0.3 is 0 Å². The van der Waals surface area contributed by atoms with Gasteiger partial charge in [-0.3, -0.25) is 4.99 Å². The summed E-state index contributed by atoms with van der Waals surface area (Å²) in [5, 5.41) is 3.54. The Kier molecular flexibility index (Phi) is 7.34. The maximum atomic E-state index is 5.33. The summed E-state index contributed by atoms with van der Waals surface area (Å²) >= 11 is 0. The van der Waals surface area contributed by atoms with Gasteiger partial charge < -0.3 is 15.0 Å². The van der Waals surface area contributed by atoms with Gasteiger partial charge in [0.1, 0.15) is 0 Å². The SMILES string of the molecule is CN=C(NCC1(C)COC1)N1CCC(Cc2ccccc2)CC1.I. The van der Waals surface area contributed by atoms with E-state index < -0.39 is 0 Å². The summed E-state index contributed by atoms with van der Waals surface area (Å²) in [6, 6.07) is 10.9. The fourth-order valence-corrected chi connectivity index (χ4v) is 3.47. The molecule has 2 saturated heterocycles. The zero-order valence-electron chi connectivity index (χ0n) is 14.8. The molecule has 0 spiro atoms. The molecule has 2 heterocycles. The van der Waals surface area contributed by atoms with Crippen LogP contribution in [0.4, 0.5) is 0 Å². The molecule has 0 amide bonds. The van der Waals surface area contributed by atoms with E-state index in [1.165, 1.54) is 24.8 Å². The van der Waals surface area contributed by atoms with Gasteiger partial charge in [-0.1, -0.05) is 37.3 Å². The number of hydrogen-bond acceptors (Lipinski definition) is 2. The molecule has 2 aliphatic rings. The summed E-state index contributed by atoms with van der Waals surface area (Å²) in [6.45, 7) is 7.13. The number of nitrogens with zero attached hydrogens (tertiary/aromatic N) is 2. The first-order chi connectivity index (χ1) is 11.2. The molecule has 0 aromatic heterocycles. The van der Waals surface area contributed by atoms with E-state index in [0.29, 0.717) is 0 Å². The number of nitrogens with one attached hydrogen (secondary N) is 1. The number of ether oxygens (including phenoxy) is 1. The Balaban J connectivity index is 0.00000208. The zero-order valence-corrected chi connectivity index (χ0v) is 17.2. The van der Waals surface area contributed by atoms with Gasteiger partial charge in [-0.15, -0.1) is 24.0 Å². The number of rotatable bonds is 4. The lowest BCUT2D eigenvalue weighted by atomic mass is 9.88. The number of guanidine groups is 1. The number of likely N-dealkylation sites (tertiary alicyclic amines) is 1. The van der Waals surface area contributed by atoms with E-state index in [0.717, 1.165) is 44.7 Å². The highest BCUT2D eigenvalue weighted by atomic mass is 127. The molecule has 2 fully saturated rings. The summed E-state index contributed by atoms with van der Waals surface area (Å²) in [4.78, 5) is 6.88. The molecule has 0 bridgehead atoms. The van der Waals surface area contributed by atoms with Gasteiger partial charge in [-0.25, -0.2) is 0 Å². The fourth-order valence-electron chi connectivity index (χ4n) is 3.47. The minimum Gasteiger partial charge on any atom is -0.380 e. The fraction of sp³-hybridized carbons (Fsp3) is 0.632. The average molecular weight is 443 g/mol. The van der Waals surface area contributed by atoms with Crippen molar-refractivity contribution in [1.29, 1.82) is 0 Å². The van der Waals surface area contributed by atoms with E-state index in [9.17, 15) is 0 Å². The first kappa shape index (κ1) is 19.5. The van der Waals surface area contributed by atoms with Crippen molar-refractivity contribution in [1.82, 2.24) is 10.2 Å². The summed E-state index contributed by atoms with van der Waals surface area (Å²) in [5.41, 5.74) is 1.74. The second-order valence-electron chi connectivity index (χ2n) is 7.32. The van der Waals surface area contributed by atoms with Crippen molar-refractivity contribution in [3.05, 3.63) is 35.9 Å². The largest absolute Gasteiger partial charge is 0.380 e. The number of aliphatic imine (C=N–C) groups is 1. The highest BCUT2D eigenvalue weighted by molar-refractivity contribution is 14.0. The molecule has 5 heteroatoms. The third-order valence-electron chi connectivity index (χ3n) is 5.07. The van der Waals surface area contributed by atoms with Crippen LogP contribution in [0.1, 0.15) is 25.3 Å². The maximum absolute atomic E-state index is 5.33. The Morgan fingerprint density at radius 3 is 2.46 bits per heavy atom. The predicted octanol–water partition coefficient (Wildman–Crippen LogP) is 3.17. The Morgan fingerprint density at radius 2 is 1.92 bits per heavy atom. The third kappa shape index (κ3) is 5.09. The van der Waals surface area contributed by atoms with Crippen LogP contribution < -0.4 is 5.32 Å². The molecule has 24 heavy (non-hydrogen) atoms. The molecule has 0 unspecified atom stereocenters.